The van der Waals surface area contributed by atoms with Gasteiger partial charge >= 0.3 is 6.01 Å². The van der Waals surface area contributed by atoms with E-state index in [0.717, 1.165) is 16.9 Å². The summed E-state index contributed by atoms with van der Waals surface area (Å²) in [6.45, 7) is 1.90. The average Bonchev–Trinajstić information content (AvgIpc) is 3.26. The van der Waals surface area contributed by atoms with Gasteiger partial charge in [-0.1, -0.05) is 12.1 Å². The van der Waals surface area contributed by atoms with Gasteiger partial charge in [0.25, 0.3) is 5.91 Å². The molecule has 0 aliphatic rings. The largest absolute Gasteiger partial charge is 0.497 e. The molecule has 0 unspecified atom stereocenters. The molecule has 1 N–H and O–H groups in total. The molecule has 1 amide bonds. The predicted octanol–water partition coefficient (Wildman–Crippen LogP) is 4.66. The third kappa shape index (κ3) is 2.93. The SMILES string of the molecule is COc1cccc(C(=O)Nc2nc3cc(-c4ccoc4C)ccc3o2)c1. The highest BCUT2D eigenvalue weighted by atomic mass is 16.5. The number of hydrogen-bond acceptors (Lipinski definition) is 5. The maximum Gasteiger partial charge on any atom is 0.302 e. The second kappa shape index (κ2) is 6.40. The number of ether oxygens (including phenoxy) is 1. The van der Waals surface area contributed by atoms with Crippen LogP contribution in [0, 0.1) is 6.92 Å². The summed E-state index contributed by atoms with van der Waals surface area (Å²) in [5.41, 5.74) is 3.68. The van der Waals surface area contributed by atoms with Gasteiger partial charge in [-0.15, -0.1) is 0 Å². The fourth-order valence-corrected chi connectivity index (χ4v) is 2.77. The van der Waals surface area contributed by atoms with Gasteiger partial charge in [0.1, 0.15) is 17.0 Å². The van der Waals surface area contributed by atoms with Crippen LogP contribution >= 0.6 is 0 Å². The Morgan fingerprint density at radius 2 is 2.04 bits per heavy atom. The van der Waals surface area contributed by atoms with Crippen LogP contribution in [0.4, 0.5) is 6.01 Å². The highest BCUT2D eigenvalue weighted by Gasteiger charge is 2.13. The van der Waals surface area contributed by atoms with Crippen LogP contribution in [0.15, 0.2) is 63.6 Å². The Morgan fingerprint density at radius 3 is 2.81 bits per heavy atom. The zero-order chi connectivity index (χ0) is 18.1. The number of benzene rings is 2. The molecule has 0 spiro atoms. The van der Waals surface area contributed by atoms with Crippen molar-refractivity contribution in [2.45, 2.75) is 6.92 Å². The summed E-state index contributed by atoms with van der Waals surface area (Å²) in [5, 5.41) is 2.67. The van der Waals surface area contributed by atoms with Crippen molar-refractivity contribution < 1.29 is 18.4 Å². The molecule has 0 bridgehead atoms. The van der Waals surface area contributed by atoms with Gasteiger partial charge < -0.3 is 13.6 Å². The lowest BCUT2D eigenvalue weighted by Gasteiger charge is -2.03. The lowest BCUT2D eigenvalue weighted by atomic mass is 10.1. The molecule has 2 aromatic carbocycles. The van der Waals surface area contributed by atoms with Gasteiger partial charge in [0.05, 0.1) is 13.4 Å². The van der Waals surface area contributed by atoms with E-state index in [9.17, 15) is 4.79 Å². The van der Waals surface area contributed by atoms with E-state index in [-0.39, 0.29) is 11.9 Å². The number of carbonyl (C=O) groups excluding carboxylic acids is 1. The van der Waals surface area contributed by atoms with Gasteiger partial charge in [-0.2, -0.15) is 4.98 Å². The molecule has 130 valence electrons. The highest BCUT2D eigenvalue weighted by Crippen LogP contribution is 2.29. The number of furan rings is 1. The smallest absolute Gasteiger partial charge is 0.302 e. The molecule has 4 rings (SSSR count). The molecule has 26 heavy (non-hydrogen) atoms. The number of nitrogens with one attached hydrogen (secondary N) is 1. The minimum absolute atomic E-state index is 0.147. The number of aromatic nitrogens is 1. The van der Waals surface area contributed by atoms with Gasteiger partial charge in [0.2, 0.25) is 0 Å². The van der Waals surface area contributed by atoms with E-state index >= 15 is 0 Å². The molecule has 2 aromatic heterocycles. The minimum Gasteiger partial charge on any atom is -0.497 e. The lowest BCUT2D eigenvalue weighted by Crippen LogP contribution is -2.12. The molecule has 0 fully saturated rings. The quantitative estimate of drug-likeness (QED) is 0.580. The Hall–Kier alpha value is -3.54. The average molecular weight is 348 g/mol. The first kappa shape index (κ1) is 16.0. The van der Waals surface area contributed by atoms with Crippen LogP contribution in [0.2, 0.25) is 0 Å². The van der Waals surface area contributed by atoms with E-state index in [1.807, 2.05) is 31.2 Å². The molecule has 6 heteroatoms. The molecule has 0 saturated heterocycles. The molecule has 0 saturated carbocycles. The Bertz CT molecular complexity index is 1090. The van der Waals surface area contributed by atoms with Gasteiger partial charge in [0, 0.05) is 11.1 Å². The Balaban J connectivity index is 1.61. The number of carbonyl (C=O) groups is 1. The summed E-state index contributed by atoms with van der Waals surface area (Å²) in [6.07, 6.45) is 1.65. The van der Waals surface area contributed by atoms with Crippen molar-refractivity contribution in [2.24, 2.45) is 0 Å². The summed E-state index contributed by atoms with van der Waals surface area (Å²) in [7, 11) is 1.55. The number of oxazole rings is 1. The van der Waals surface area contributed by atoms with Crippen molar-refractivity contribution in [3.05, 3.63) is 66.1 Å². The first-order valence-electron chi connectivity index (χ1n) is 8.04. The number of amides is 1. The van der Waals surface area contributed by atoms with Crippen molar-refractivity contribution >= 4 is 23.0 Å². The molecule has 4 aromatic rings. The normalized spacial score (nSPS) is 10.8. The summed E-state index contributed by atoms with van der Waals surface area (Å²) in [4.78, 5) is 16.7. The number of anilines is 1. The fourth-order valence-electron chi connectivity index (χ4n) is 2.77. The van der Waals surface area contributed by atoms with E-state index in [4.69, 9.17) is 13.6 Å². The Morgan fingerprint density at radius 1 is 1.15 bits per heavy atom. The number of fused-ring (bicyclic) bond motifs is 1. The second-order valence-corrected chi connectivity index (χ2v) is 5.78. The number of hydrogen-bond donors (Lipinski definition) is 1. The van der Waals surface area contributed by atoms with Crippen molar-refractivity contribution in [1.82, 2.24) is 4.98 Å². The van der Waals surface area contributed by atoms with Crippen molar-refractivity contribution in [1.29, 1.82) is 0 Å². The molecule has 2 heterocycles. The van der Waals surface area contributed by atoms with Gasteiger partial charge in [0.15, 0.2) is 5.58 Å². The summed E-state index contributed by atoms with van der Waals surface area (Å²) in [6, 6.07) is 14.6. The van der Waals surface area contributed by atoms with E-state index in [1.165, 1.54) is 0 Å². The predicted molar refractivity (Wildman–Crippen MR) is 97.4 cm³/mol. The fraction of sp³-hybridized carbons (Fsp3) is 0.100. The molecule has 6 nitrogen and oxygen atoms in total. The topological polar surface area (TPSA) is 77.5 Å². The Kier molecular flexibility index (Phi) is 3.93. The van der Waals surface area contributed by atoms with Crippen molar-refractivity contribution in [3.63, 3.8) is 0 Å². The van der Waals surface area contributed by atoms with Gasteiger partial charge in [-0.3, -0.25) is 10.1 Å². The number of aryl methyl sites for hydroxylation is 1. The Labute approximate surface area is 149 Å². The monoisotopic (exact) mass is 348 g/mol. The number of rotatable bonds is 4. The second-order valence-electron chi connectivity index (χ2n) is 5.78. The maximum absolute atomic E-state index is 12.4. The molecule has 0 radical (unpaired) electrons. The maximum atomic E-state index is 12.4. The third-order valence-electron chi connectivity index (χ3n) is 4.11. The minimum atomic E-state index is -0.318. The third-order valence-corrected chi connectivity index (χ3v) is 4.11. The molecule has 0 aliphatic heterocycles. The number of nitrogens with zero attached hydrogens (tertiary/aromatic N) is 1. The van der Waals surface area contributed by atoms with Crippen LogP contribution in [-0.2, 0) is 0 Å². The van der Waals surface area contributed by atoms with Crippen LogP contribution in [0.5, 0.6) is 5.75 Å². The van der Waals surface area contributed by atoms with E-state index < -0.39 is 0 Å². The van der Waals surface area contributed by atoms with Crippen LogP contribution in [0.3, 0.4) is 0 Å². The summed E-state index contributed by atoms with van der Waals surface area (Å²) < 4.78 is 16.1. The highest BCUT2D eigenvalue weighted by molar-refractivity contribution is 6.03. The number of methoxy groups -OCH3 is 1. The molecular weight excluding hydrogens is 332 g/mol. The summed E-state index contributed by atoms with van der Waals surface area (Å²) >= 11 is 0. The van der Waals surface area contributed by atoms with E-state index in [1.54, 1.807) is 37.6 Å². The van der Waals surface area contributed by atoms with Gasteiger partial charge in [-0.25, -0.2) is 0 Å². The molecular formula is C20H16N2O4. The summed E-state index contributed by atoms with van der Waals surface area (Å²) in [5.74, 6) is 1.12. The van der Waals surface area contributed by atoms with Crippen LogP contribution in [-0.4, -0.2) is 18.0 Å². The van der Waals surface area contributed by atoms with Gasteiger partial charge in [-0.05, 0) is 48.9 Å². The first-order valence-corrected chi connectivity index (χ1v) is 8.04. The zero-order valence-corrected chi connectivity index (χ0v) is 14.3. The molecule has 0 atom stereocenters. The standard InChI is InChI=1S/C20H16N2O4/c1-12-16(8-9-25-12)13-6-7-18-17(11-13)21-20(26-18)22-19(23)14-4-3-5-15(10-14)24-2/h3-11H,1-2H3,(H,21,22,23). The van der Waals surface area contributed by atoms with E-state index in [2.05, 4.69) is 10.3 Å². The van der Waals surface area contributed by atoms with Crippen molar-refractivity contribution in [3.8, 4) is 16.9 Å². The zero-order valence-electron chi connectivity index (χ0n) is 14.3. The lowest BCUT2D eigenvalue weighted by molar-refractivity contribution is 0.102. The van der Waals surface area contributed by atoms with E-state index in [0.29, 0.717) is 22.4 Å². The van der Waals surface area contributed by atoms with Crippen LogP contribution in [0.1, 0.15) is 16.1 Å². The molecule has 0 aliphatic carbocycles. The van der Waals surface area contributed by atoms with Crippen LogP contribution < -0.4 is 10.1 Å². The van der Waals surface area contributed by atoms with Crippen LogP contribution in [0.25, 0.3) is 22.2 Å². The van der Waals surface area contributed by atoms with Crippen molar-refractivity contribution in [2.75, 3.05) is 12.4 Å². The first-order chi connectivity index (χ1) is 12.6.